The van der Waals surface area contributed by atoms with Crippen molar-refractivity contribution in [1.29, 1.82) is 5.26 Å². The molecule has 0 atom stereocenters. The van der Waals surface area contributed by atoms with E-state index in [9.17, 15) is 4.79 Å². The summed E-state index contributed by atoms with van der Waals surface area (Å²) < 4.78 is 6.68. The van der Waals surface area contributed by atoms with Gasteiger partial charge in [0.15, 0.2) is 5.69 Å². The lowest BCUT2D eigenvalue weighted by molar-refractivity contribution is -0.115. The van der Waals surface area contributed by atoms with E-state index in [1.54, 1.807) is 7.11 Å². The van der Waals surface area contributed by atoms with Gasteiger partial charge in [-0.2, -0.15) is 10.4 Å². The number of halogens is 1. The van der Waals surface area contributed by atoms with E-state index in [2.05, 4.69) is 10.8 Å². The van der Waals surface area contributed by atoms with Gasteiger partial charge in [0.05, 0.1) is 7.11 Å². The molecule has 0 aliphatic heterocycles. The van der Waals surface area contributed by atoms with Gasteiger partial charge >= 0.3 is 0 Å². The number of nitrogens with zero attached hydrogens (tertiary/aromatic N) is 3. The van der Waals surface area contributed by atoms with Crippen molar-refractivity contribution in [2.24, 2.45) is 5.73 Å². The van der Waals surface area contributed by atoms with E-state index in [1.165, 1.54) is 10.7 Å². The first-order chi connectivity index (χ1) is 10.0. The number of para-hydroxylation sites is 2. The van der Waals surface area contributed by atoms with Crippen LogP contribution in [0.25, 0.3) is 5.69 Å². The second-order valence-corrected chi connectivity index (χ2v) is 4.02. The Morgan fingerprint density at radius 3 is 2.62 bits per heavy atom. The number of carbonyl (C=O) groups is 1. The van der Waals surface area contributed by atoms with E-state index < -0.39 is 5.91 Å². The maximum absolute atomic E-state index is 9.46. The van der Waals surface area contributed by atoms with E-state index >= 15 is 0 Å². The predicted molar refractivity (Wildman–Crippen MR) is 79.2 cm³/mol. The molecule has 2 rings (SSSR count). The van der Waals surface area contributed by atoms with Crippen LogP contribution in [0.2, 0.25) is 0 Å². The number of nitrogen functional groups attached to an aromatic ring is 1. The molecular formula is C13H14ClN5O2. The number of primary amides is 1. The number of amides is 1. The first-order valence-electron chi connectivity index (χ1n) is 5.76. The van der Waals surface area contributed by atoms with Crippen LogP contribution in [-0.4, -0.2) is 28.7 Å². The van der Waals surface area contributed by atoms with Gasteiger partial charge in [0, 0.05) is 6.07 Å². The minimum Gasteiger partial charge on any atom is -0.494 e. The van der Waals surface area contributed by atoms with E-state index in [1.807, 2.05) is 30.3 Å². The minimum atomic E-state index is -0.480. The average Bonchev–Trinajstić information content (AvgIpc) is 2.88. The van der Waals surface area contributed by atoms with Crippen molar-refractivity contribution in [2.75, 3.05) is 18.7 Å². The Bertz CT molecular complexity index is 663. The number of carbonyl (C=O) groups excluding carboxylic acids is 1. The fourth-order valence-corrected chi connectivity index (χ4v) is 1.45. The van der Waals surface area contributed by atoms with Crippen molar-refractivity contribution >= 4 is 23.3 Å². The highest BCUT2D eigenvalue weighted by atomic mass is 35.5. The number of anilines is 1. The molecule has 1 amide bonds. The molecule has 0 saturated carbocycles. The molecule has 1 aromatic carbocycles. The lowest BCUT2D eigenvalue weighted by atomic mass is 10.3. The van der Waals surface area contributed by atoms with Crippen molar-refractivity contribution in [3.05, 3.63) is 36.0 Å². The normalized spacial score (nSPS) is 9.19. The molecule has 7 nitrogen and oxygen atoms in total. The van der Waals surface area contributed by atoms with Crippen LogP contribution in [-0.2, 0) is 4.79 Å². The molecule has 0 aliphatic carbocycles. The lowest BCUT2D eigenvalue weighted by Gasteiger charge is -2.08. The van der Waals surface area contributed by atoms with Crippen molar-refractivity contribution < 1.29 is 9.53 Å². The van der Waals surface area contributed by atoms with E-state index in [4.69, 9.17) is 27.3 Å². The zero-order valence-corrected chi connectivity index (χ0v) is 12.0. The average molecular weight is 308 g/mol. The zero-order valence-electron chi connectivity index (χ0n) is 11.3. The third kappa shape index (κ3) is 4.40. The molecule has 0 bridgehead atoms. The Morgan fingerprint density at radius 2 is 2.14 bits per heavy atom. The molecule has 0 aliphatic rings. The van der Waals surface area contributed by atoms with Crippen LogP contribution in [0.4, 0.5) is 5.82 Å². The summed E-state index contributed by atoms with van der Waals surface area (Å²) in [5.41, 5.74) is 11.3. The van der Waals surface area contributed by atoms with Gasteiger partial charge in [0.25, 0.3) is 0 Å². The van der Waals surface area contributed by atoms with E-state index in [0.29, 0.717) is 17.3 Å². The van der Waals surface area contributed by atoms with Crippen LogP contribution in [0.1, 0.15) is 5.69 Å². The number of hydrogen-bond donors (Lipinski definition) is 2. The van der Waals surface area contributed by atoms with E-state index in [0.717, 1.165) is 0 Å². The third-order valence-electron chi connectivity index (χ3n) is 2.30. The third-order valence-corrected chi connectivity index (χ3v) is 2.56. The van der Waals surface area contributed by atoms with Gasteiger partial charge in [-0.25, -0.2) is 4.68 Å². The summed E-state index contributed by atoms with van der Waals surface area (Å²) >= 11 is 4.86. The Balaban J connectivity index is 0.000000383. The smallest absolute Gasteiger partial charge is 0.232 e. The van der Waals surface area contributed by atoms with Crippen LogP contribution in [0.3, 0.4) is 0 Å². The second kappa shape index (κ2) is 7.77. The van der Waals surface area contributed by atoms with Crippen molar-refractivity contribution in [1.82, 2.24) is 9.78 Å². The highest BCUT2D eigenvalue weighted by Crippen LogP contribution is 2.24. The summed E-state index contributed by atoms with van der Waals surface area (Å²) in [4.78, 5) is 9.46. The number of ether oxygens (including phenoxy) is 1. The summed E-state index contributed by atoms with van der Waals surface area (Å²) in [6.45, 7) is 0. The Labute approximate surface area is 126 Å². The molecular weight excluding hydrogens is 294 g/mol. The molecule has 0 spiro atoms. The molecule has 0 radical (unpaired) electrons. The maximum atomic E-state index is 9.46. The fraction of sp³-hybridized carbons (Fsp3) is 0.154. The van der Waals surface area contributed by atoms with Crippen LogP contribution >= 0.6 is 11.6 Å². The van der Waals surface area contributed by atoms with Gasteiger partial charge in [-0.15, -0.1) is 11.6 Å². The molecule has 21 heavy (non-hydrogen) atoms. The number of alkyl halides is 1. The van der Waals surface area contributed by atoms with Gasteiger partial charge in [-0.1, -0.05) is 12.1 Å². The van der Waals surface area contributed by atoms with Crippen LogP contribution in [0.15, 0.2) is 30.3 Å². The number of nitriles is 1. The maximum Gasteiger partial charge on any atom is 0.232 e. The number of methoxy groups -OCH3 is 1. The molecule has 0 unspecified atom stereocenters. The minimum absolute atomic E-state index is 0.0833. The number of hydrogen-bond acceptors (Lipinski definition) is 5. The Kier molecular flexibility index (Phi) is 6.04. The Hall–Kier alpha value is -2.72. The second-order valence-electron chi connectivity index (χ2n) is 3.75. The van der Waals surface area contributed by atoms with Crippen molar-refractivity contribution in [3.8, 4) is 17.5 Å². The molecule has 1 aromatic heterocycles. The SMILES string of the molecule is COc1ccccc1-n1nc(C#N)cc1N.NC(=O)CCl. The van der Waals surface area contributed by atoms with Crippen LogP contribution in [0.5, 0.6) is 5.75 Å². The van der Waals surface area contributed by atoms with Gasteiger partial charge in [0.2, 0.25) is 5.91 Å². The number of benzene rings is 1. The number of rotatable bonds is 3. The Morgan fingerprint density at radius 1 is 1.52 bits per heavy atom. The summed E-state index contributed by atoms with van der Waals surface area (Å²) in [7, 11) is 1.57. The molecule has 110 valence electrons. The molecule has 8 heteroatoms. The summed E-state index contributed by atoms with van der Waals surface area (Å²) in [5, 5.41) is 12.8. The van der Waals surface area contributed by atoms with Gasteiger partial charge in [-0.3, -0.25) is 4.79 Å². The molecule has 1 heterocycles. The summed E-state index contributed by atoms with van der Waals surface area (Å²) in [6.07, 6.45) is 0. The highest BCUT2D eigenvalue weighted by Gasteiger charge is 2.10. The van der Waals surface area contributed by atoms with E-state index in [-0.39, 0.29) is 11.6 Å². The van der Waals surface area contributed by atoms with Gasteiger partial charge < -0.3 is 16.2 Å². The first-order valence-corrected chi connectivity index (χ1v) is 6.30. The molecule has 2 aromatic rings. The molecule has 4 N–H and O–H groups in total. The van der Waals surface area contributed by atoms with Crippen molar-refractivity contribution in [2.45, 2.75) is 0 Å². The van der Waals surface area contributed by atoms with Gasteiger partial charge in [-0.05, 0) is 12.1 Å². The first kappa shape index (κ1) is 16.3. The number of aromatic nitrogens is 2. The molecule has 0 saturated heterocycles. The fourth-order valence-electron chi connectivity index (χ4n) is 1.45. The van der Waals surface area contributed by atoms with Crippen LogP contribution < -0.4 is 16.2 Å². The summed E-state index contributed by atoms with van der Waals surface area (Å²) in [5.74, 6) is 0.495. The lowest BCUT2D eigenvalue weighted by Crippen LogP contribution is -2.10. The topological polar surface area (TPSA) is 120 Å². The quantitative estimate of drug-likeness (QED) is 0.821. The van der Waals surface area contributed by atoms with Crippen molar-refractivity contribution in [3.63, 3.8) is 0 Å². The zero-order chi connectivity index (χ0) is 15.8. The predicted octanol–water partition coefficient (Wildman–Crippen LogP) is 1.05. The van der Waals surface area contributed by atoms with Crippen LogP contribution in [0, 0.1) is 11.3 Å². The van der Waals surface area contributed by atoms with Gasteiger partial charge in [0.1, 0.15) is 29.2 Å². The largest absolute Gasteiger partial charge is 0.494 e. The summed E-state index contributed by atoms with van der Waals surface area (Å²) in [6, 6.07) is 10.8. The molecule has 0 fully saturated rings. The monoisotopic (exact) mass is 307 g/mol. The number of nitrogens with two attached hydrogens (primary N) is 2. The standard InChI is InChI=1S/C11H10N4O.C2H4ClNO/c1-16-10-5-3-2-4-9(10)15-11(13)6-8(7-12)14-15;3-1-2(4)5/h2-6H,13H2,1H3;1H2,(H2,4,5). The highest BCUT2D eigenvalue weighted by molar-refractivity contribution is 6.27.